The summed E-state index contributed by atoms with van der Waals surface area (Å²) in [6.45, 7) is 3.09. The minimum atomic E-state index is -3.84. The highest BCUT2D eigenvalue weighted by Gasteiger charge is 2.43. The van der Waals surface area contributed by atoms with Gasteiger partial charge in [0.1, 0.15) is 0 Å². The number of hydrogen-bond acceptors (Lipinski definition) is 7. The van der Waals surface area contributed by atoms with E-state index in [0.29, 0.717) is 11.4 Å². The molecule has 0 aliphatic rings. The van der Waals surface area contributed by atoms with Gasteiger partial charge in [0, 0.05) is 42.5 Å². The molecule has 168 valence electrons. The van der Waals surface area contributed by atoms with E-state index in [1.165, 1.54) is 23.0 Å². The van der Waals surface area contributed by atoms with Crippen molar-refractivity contribution in [2.24, 2.45) is 0 Å². The number of aromatic nitrogens is 3. The number of rotatable bonds is 7. The van der Waals surface area contributed by atoms with E-state index < -0.39 is 20.5 Å². The zero-order chi connectivity index (χ0) is 23.5. The molecule has 0 saturated heterocycles. The lowest BCUT2D eigenvalue weighted by atomic mass is 10.0. The summed E-state index contributed by atoms with van der Waals surface area (Å²) in [5.41, 5.74) is 4.30. The van der Waals surface area contributed by atoms with Crippen molar-refractivity contribution in [2.75, 3.05) is 6.26 Å². The van der Waals surface area contributed by atoms with E-state index in [-0.39, 0.29) is 18.5 Å². The minimum absolute atomic E-state index is 0.0141. The first-order chi connectivity index (χ1) is 15.0. The zero-order valence-corrected chi connectivity index (χ0v) is 18.8. The summed E-state index contributed by atoms with van der Waals surface area (Å²) in [6, 6.07) is 12.5. The van der Waals surface area contributed by atoms with Crippen molar-refractivity contribution in [3.63, 3.8) is 0 Å². The third-order valence-electron chi connectivity index (χ3n) is 5.50. The van der Waals surface area contributed by atoms with Gasteiger partial charge in [-0.1, -0.05) is 24.3 Å². The van der Waals surface area contributed by atoms with Crippen LogP contribution in [0, 0.1) is 6.92 Å². The molecule has 0 saturated carbocycles. The summed E-state index contributed by atoms with van der Waals surface area (Å²) in [5.74, 6) is -0.421. The number of hydrogen-bond donors (Lipinski definition) is 2. The monoisotopic (exact) mass is 456 g/mol. The van der Waals surface area contributed by atoms with Crippen molar-refractivity contribution in [3.05, 3.63) is 70.9 Å². The van der Waals surface area contributed by atoms with Gasteiger partial charge in [0.25, 0.3) is 11.5 Å². The third-order valence-corrected chi connectivity index (χ3v) is 7.52. The molecule has 0 bridgehead atoms. The van der Waals surface area contributed by atoms with Gasteiger partial charge >= 0.3 is 0 Å². The van der Waals surface area contributed by atoms with Gasteiger partial charge in [-0.2, -0.15) is 0 Å². The Morgan fingerprint density at radius 1 is 1.12 bits per heavy atom. The molecule has 0 radical (unpaired) electrons. The summed E-state index contributed by atoms with van der Waals surface area (Å²) in [6.07, 6.45) is 3.99. The second-order valence-corrected chi connectivity index (χ2v) is 10.2. The fourth-order valence-electron chi connectivity index (χ4n) is 3.19. The quantitative estimate of drug-likeness (QED) is 0.410. The Bertz CT molecular complexity index is 1300. The third kappa shape index (κ3) is 4.76. The van der Waals surface area contributed by atoms with E-state index in [1.54, 1.807) is 18.5 Å². The zero-order valence-electron chi connectivity index (χ0n) is 17.9. The van der Waals surface area contributed by atoms with E-state index in [1.807, 2.05) is 37.3 Å². The van der Waals surface area contributed by atoms with Crippen LogP contribution in [0.5, 0.6) is 0 Å². The number of sulfone groups is 1. The van der Waals surface area contributed by atoms with Gasteiger partial charge in [-0.05, 0) is 43.5 Å². The molecule has 0 spiro atoms. The molecular weight excluding hydrogens is 432 g/mol. The van der Waals surface area contributed by atoms with Crippen molar-refractivity contribution in [1.29, 1.82) is 0 Å². The second kappa shape index (κ2) is 9.01. The average molecular weight is 457 g/mol. The molecule has 2 N–H and O–H groups in total. The van der Waals surface area contributed by atoms with Gasteiger partial charge in [-0.3, -0.25) is 14.8 Å². The summed E-state index contributed by atoms with van der Waals surface area (Å²) in [7, 11) is -3.84. The second-order valence-electron chi connectivity index (χ2n) is 7.74. The van der Waals surface area contributed by atoms with Crippen molar-refractivity contribution in [1.82, 2.24) is 20.0 Å². The highest BCUT2D eigenvalue weighted by molar-refractivity contribution is 7.92. The molecule has 1 aromatic carbocycles. The standard InChI is InChI=1S/C22H24N4O5S/c1-15-8-11-23-20(24-15)17-6-4-16(5-7-17)18-9-12-26(19(27)14-18)13-10-22(2,21(28)25-29)32(3,30)31/h4-9,11-12,14,29H,10,13H2,1-3H3,(H,25,28). The van der Waals surface area contributed by atoms with Crippen LogP contribution in [0.4, 0.5) is 0 Å². The molecule has 1 atom stereocenters. The topological polar surface area (TPSA) is 131 Å². The molecule has 9 nitrogen and oxygen atoms in total. The molecule has 0 aliphatic carbocycles. The predicted octanol–water partition coefficient (Wildman–Crippen LogP) is 1.98. The highest BCUT2D eigenvalue weighted by atomic mass is 32.2. The molecule has 10 heteroatoms. The number of carbonyl (C=O) groups is 1. The molecule has 0 aliphatic heterocycles. The largest absolute Gasteiger partial charge is 0.315 e. The van der Waals surface area contributed by atoms with Gasteiger partial charge in [0.15, 0.2) is 20.4 Å². The maximum Gasteiger partial charge on any atom is 0.264 e. The minimum Gasteiger partial charge on any atom is -0.315 e. The molecule has 2 aromatic heterocycles. The van der Waals surface area contributed by atoms with Crippen LogP contribution in [-0.2, 0) is 21.2 Å². The SMILES string of the molecule is Cc1ccnc(-c2ccc(-c3ccn(CCC(C)(C(=O)NO)S(C)(=O)=O)c(=O)c3)cc2)n1. The number of nitrogens with one attached hydrogen (secondary N) is 1. The predicted molar refractivity (Wildman–Crippen MR) is 120 cm³/mol. The van der Waals surface area contributed by atoms with Crippen molar-refractivity contribution < 1.29 is 18.4 Å². The Kier molecular flexibility index (Phi) is 6.56. The fourth-order valence-corrected chi connectivity index (χ4v) is 4.04. The van der Waals surface area contributed by atoms with Gasteiger partial charge in [0.05, 0.1) is 0 Å². The Labute approximate surface area is 185 Å². The average Bonchev–Trinajstić information content (AvgIpc) is 2.76. The van der Waals surface area contributed by atoms with Crippen LogP contribution < -0.4 is 11.0 Å². The number of amides is 1. The molecule has 1 amide bonds. The summed E-state index contributed by atoms with van der Waals surface area (Å²) >= 11 is 0. The summed E-state index contributed by atoms with van der Waals surface area (Å²) in [4.78, 5) is 33.2. The van der Waals surface area contributed by atoms with Gasteiger partial charge in [-0.25, -0.2) is 23.9 Å². The van der Waals surface area contributed by atoms with Crippen molar-refractivity contribution >= 4 is 15.7 Å². The van der Waals surface area contributed by atoms with Crippen LogP contribution in [0.15, 0.2) is 59.7 Å². The van der Waals surface area contributed by atoms with Crippen molar-refractivity contribution in [2.45, 2.75) is 31.6 Å². The summed E-state index contributed by atoms with van der Waals surface area (Å²) < 4.78 is 23.6. The van der Waals surface area contributed by atoms with E-state index in [2.05, 4.69) is 9.97 Å². The van der Waals surface area contributed by atoms with Gasteiger partial charge in [0.2, 0.25) is 0 Å². The van der Waals surface area contributed by atoms with Crippen LogP contribution >= 0.6 is 0 Å². The number of pyridine rings is 1. The van der Waals surface area contributed by atoms with Gasteiger partial charge in [-0.15, -0.1) is 0 Å². The van der Waals surface area contributed by atoms with Crippen LogP contribution in [0.25, 0.3) is 22.5 Å². The van der Waals surface area contributed by atoms with Crippen LogP contribution in [-0.4, -0.2) is 45.1 Å². The molecule has 32 heavy (non-hydrogen) atoms. The Hall–Kier alpha value is -3.37. The molecule has 2 heterocycles. The van der Waals surface area contributed by atoms with Crippen LogP contribution in [0.1, 0.15) is 19.0 Å². The number of hydroxylamine groups is 1. The number of benzene rings is 1. The molecule has 1 unspecified atom stereocenters. The van der Waals surface area contributed by atoms with E-state index in [4.69, 9.17) is 5.21 Å². The van der Waals surface area contributed by atoms with Crippen molar-refractivity contribution in [3.8, 4) is 22.5 Å². The molecule has 3 aromatic rings. The summed E-state index contributed by atoms with van der Waals surface area (Å²) in [5, 5.41) is 8.91. The first-order valence-corrected chi connectivity index (χ1v) is 11.7. The van der Waals surface area contributed by atoms with E-state index >= 15 is 0 Å². The lowest BCUT2D eigenvalue weighted by Gasteiger charge is -2.25. The first kappa shape index (κ1) is 23.3. The molecule has 3 rings (SSSR count). The molecular formula is C22H24N4O5S. The lowest BCUT2D eigenvalue weighted by Crippen LogP contribution is -2.49. The van der Waals surface area contributed by atoms with Crippen LogP contribution in [0.3, 0.4) is 0 Å². The normalized spacial score (nSPS) is 13.4. The first-order valence-electron chi connectivity index (χ1n) is 9.80. The Balaban J connectivity index is 1.81. The number of aryl methyl sites for hydroxylation is 2. The van der Waals surface area contributed by atoms with Crippen LogP contribution in [0.2, 0.25) is 0 Å². The maximum atomic E-state index is 12.6. The van der Waals surface area contributed by atoms with E-state index in [9.17, 15) is 18.0 Å². The number of carbonyl (C=O) groups excluding carboxylic acids is 1. The van der Waals surface area contributed by atoms with Gasteiger partial charge < -0.3 is 4.57 Å². The smallest absolute Gasteiger partial charge is 0.264 e. The molecule has 0 fully saturated rings. The lowest BCUT2D eigenvalue weighted by molar-refractivity contribution is -0.131. The Morgan fingerprint density at radius 3 is 2.34 bits per heavy atom. The van der Waals surface area contributed by atoms with E-state index in [0.717, 1.165) is 23.1 Å². The Morgan fingerprint density at radius 2 is 1.78 bits per heavy atom. The maximum absolute atomic E-state index is 12.6. The number of nitrogens with zero attached hydrogens (tertiary/aromatic N) is 3. The fraction of sp³-hybridized carbons (Fsp3) is 0.273. The highest BCUT2D eigenvalue weighted by Crippen LogP contribution is 2.24.